The molecule has 0 bridgehead atoms. The Kier molecular flexibility index (Phi) is 3.77. The van der Waals surface area contributed by atoms with Gasteiger partial charge in [0.1, 0.15) is 10.7 Å². The number of benzene rings is 2. The largest absolute Gasteiger partial charge is 0.266 e. The Balaban J connectivity index is 2.19. The van der Waals surface area contributed by atoms with Crippen LogP contribution in [0.1, 0.15) is 5.56 Å². The van der Waals surface area contributed by atoms with Crippen molar-refractivity contribution in [2.75, 3.05) is 11.4 Å². The van der Waals surface area contributed by atoms with E-state index in [2.05, 4.69) is 4.98 Å². The molecule has 2 aromatic carbocycles. The van der Waals surface area contributed by atoms with Crippen LogP contribution in [0.2, 0.25) is 0 Å². The Labute approximate surface area is 134 Å². The first-order valence-electron chi connectivity index (χ1n) is 7.00. The molecule has 0 unspecified atom stereocenters. The summed E-state index contributed by atoms with van der Waals surface area (Å²) in [6.45, 7) is 1.89. The molecule has 3 aromatic rings. The third-order valence-electron chi connectivity index (χ3n) is 3.64. The van der Waals surface area contributed by atoms with Crippen LogP contribution in [0.15, 0.2) is 59.6 Å². The van der Waals surface area contributed by atoms with Gasteiger partial charge in [-0.1, -0.05) is 24.3 Å². The number of anilines is 1. The summed E-state index contributed by atoms with van der Waals surface area (Å²) in [5.41, 5.74) is 1.31. The highest BCUT2D eigenvalue weighted by atomic mass is 32.2. The number of nitrogens with zero attached hydrogens (tertiary/aromatic N) is 2. The van der Waals surface area contributed by atoms with Gasteiger partial charge in [0.25, 0.3) is 10.0 Å². The summed E-state index contributed by atoms with van der Waals surface area (Å²) < 4.78 is 40.7. The maximum atomic E-state index is 13.9. The summed E-state index contributed by atoms with van der Waals surface area (Å²) in [6, 6.07) is 12.6. The lowest BCUT2D eigenvalue weighted by molar-refractivity contribution is 0.590. The molecule has 0 radical (unpaired) electrons. The number of para-hydroxylation sites is 2. The molecular weight excluding hydrogens is 315 g/mol. The van der Waals surface area contributed by atoms with Crippen molar-refractivity contribution in [1.29, 1.82) is 0 Å². The van der Waals surface area contributed by atoms with Crippen molar-refractivity contribution < 1.29 is 12.8 Å². The monoisotopic (exact) mass is 330 g/mol. The van der Waals surface area contributed by atoms with Gasteiger partial charge in [0.05, 0.1) is 11.2 Å². The molecule has 0 aliphatic rings. The first kappa shape index (κ1) is 15.4. The summed E-state index contributed by atoms with van der Waals surface area (Å²) >= 11 is 0. The van der Waals surface area contributed by atoms with E-state index in [1.807, 2.05) is 13.0 Å². The van der Waals surface area contributed by atoms with Gasteiger partial charge in [0, 0.05) is 18.6 Å². The molecule has 0 amide bonds. The van der Waals surface area contributed by atoms with E-state index in [-0.39, 0.29) is 10.6 Å². The lowest BCUT2D eigenvalue weighted by Crippen LogP contribution is -2.27. The molecule has 1 heterocycles. The maximum absolute atomic E-state index is 13.9. The summed E-state index contributed by atoms with van der Waals surface area (Å²) in [5, 5.41) is 0.730. The smallest absolute Gasteiger partial charge is 0.266 e. The van der Waals surface area contributed by atoms with Crippen LogP contribution in [0.5, 0.6) is 0 Å². The number of hydrogen-bond acceptors (Lipinski definition) is 3. The molecule has 0 saturated carbocycles. The lowest BCUT2D eigenvalue weighted by atomic mass is 10.2. The third-order valence-corrected chi connectivity index (χ3v) is 5.44. The van der Waals surface area contributed by atoms with E-state index in [1.54, 1.807) is 24.4 Å². The second-order valence-electron chi connectivity index (χ2n) is 5.26. The molecule has 0 saturated heterocycles. The first-order chi connectivity index (χ1) is 10.9. The second kappa shape index (κ2) is 5.62. The number of aromatic nitrogens is 1. The molecule has 0 fully saturated rings. The van der Waals surface area contributed by atoms with Gasteiger partial charge in [-0.2, -0.15) is 0 Å². The molecule has 0 aliphatic heterocycles. The molecular formula is C17H15FN2O2S. The van der Waals surface area contributed by atoms with Crippen molar-refractivity contribution in [3.05, 3.63) is 66.1 Å². The van der Waals surface area contributed by atoms with Crippen LogP contribution >= 0.6 is 0 Å². The van der Waals surface area contributed by atoms with E-state index in [9.17, 15) is 12.8 Å². The normalized spacial score (nSPS) is 11.6. The number of pyridine rings is 1. The highest BCUT2D eigenvalue weighted by molar-refractivity contribution is 7.93. The zero-order valence-corrected chi connectivity index (χ0v) is 13.5. The molecule has 0 atom stereocenters. The van der Waals surface area contributed by atoms with Crippen LogP contribution in [-0.2, 0) is 10.0 Å². The van der Waals surface area contributed by atoms with Crippen molar-refractivity contribution in [2.24, 2.45) is 0 Å². The Bertz CT molecular complexity index is 987. The van der Waals surface area contributed by atoms with Crippen molar-refractivity contribution in [1.82, 2.24) is 4.98 Å². The molecule has 0 spiro atoms. The highest BCUT2D eigenvalue weighted by Crippen LogP contribution is 2.28. The summed E-state index contributed by atoms with van der Waals surface area (Å²) in [4.78, 5) is 4.30. The van der Waals surface area contributed by atoms with Crippen LogP contribution in [0.25, 0.3) is 10.9 Å². The fourth-order valence-corrected chi connectivity index (χ4v) is 3.80. The summed E-state index contributed by atoms with van der Waals surface area (Å²) in [7, 11) is -2.59. The fraction of sp³-hybridized carbons (Fsp3) is 0.118. The van der Waals surface area contributed by atoms with Crippen LogP contribution in [0, 0.1) is 12.7 Å². The Morgan fingerprint density at radius 2 is 1.83 bits per heavy atom. The van der Waals surface area contributed by atoms with Gasteiger partial charge >= 0.3 is 0 Å². The van der Waals surface area contributed by atoms with Crippen molar-refractivity contribution >= 4 is 26.6 Å². The minimum absolute atomic E-state index is 0.00313. The predicted octanol–water partition coefficient (Wildman–Crippen LogP) is 3.51. The van der Waals surface area contributed by atoms with Crippen LogP contribution in [0.3, 0.4) is 0 Å². The zero-order chi connectivity index (χ0) is 16.6. The SMILES string of the molecule is Cc1cnc2c(S(=O)(=O)N(C)c3ccccc3F)cccc2c1. The summed E-state index contributed by atoms with van der Waals surface area (Å²) in [6.07, 6.45) is 1.62. The van der Waals surface area contributed by atoms with Gasteiger partial charge in [-0.05, 0) is 36.8 Å². The van der Waals surface area contributed by atoms with Gasteiger partial charge in [-0.25, -0.2) is 12.8 Å². The first-order valence-corrected chi connectivity index (χ1v) is 8.44. The molecule has 23 heavy (non-hydrogen) atoms. The minimum Gasteiger partial charge on any atom is -0.266 e. The van der Waals surface area contributed by atoms with Crippen molar-refractivity contribution in [3.63, 3.8) is 0 Å². The van der Waals surface area contributed by atoms with E-state index in [0.29, 0.717) is 5.52 Å². The van der Waals surface area contributed by atoms with E-state index in [1.165, 1.54) is 31.3 Å². The fourth-order valence-electron chi connectivity index (χ4n) is 2.44. The zero-order valence-electron chi connectivity index (χ0n) is 12.7. The topological polar surface area (TPSA) is 50.3 Å². The number of sulfonamides is 1. The number of halogens is 1. The molecule has 3 rings (SSSR count). The molecule has 4 nitrogen and oxygen atoms in total. The minimum atomic E-state index is -3.92. The van der Waals surface area contributed by atoms with Crippen LogP contribution < -0.4 is 4.31 Å². The van der Waals surface area contributed by atoms with Gasteiger partial charge in [-0.3, -0.25) is 9.29 Å². The molecule has 1 aromatic heterocycles. The van der Waals surface area contributed by atoms with Gasteiger partial charge in [0.15, 0.2) is 0 Å². The molecule has 0 N–H and O–H groups in total. The van der Waals surface area contributed by atoms with Gasteiger partial charge in [0.2, 0.25) is 0 Å². The summed E-state index contributed by atoms with van der Waals surface area (Å²) in [5.74, 6) is -0.595. The second-order valence-corrected chi connectivity index (χ2v) is 7.20. The predicted molar refractivity (Wildman–Crippen MR) is 88.5 cm³/mol. The average Bonchev–Trinajstić information content (AvgIpc) is 2.53. The van der Waals surface area contributed by atoms with E-state index >= 15 is 0 Å². The molecule has 118 valence electrons. The number of hydrogen-bond donors (Lipinski definition) is 0. The van der Waals surface area contributed by atoms with Crippen molar-refractivity contribution in [3.8, 4) is 0 Å². The van der Waals surface area contributed by atoms with Crippen LogP contribution in [-0.4, -0.2) is 20.4 Å². The third kappa shape index (κ3) is 2.66. The molecule has 6 heteroatoms. The van der Waals surface area contributed by atoms with Gasteiger partial charge in [-0.15, -0.1) is 0 Å². The quantitative estimate of drug-likeness (QED) is 0.738. The van der Waals surface area contributed by atoms with E-state index in [4.69, 9.17) is 0 Å². The lowest BCUT2D eigenvalue weighted by Gasteiger charge is -2.20. The Hall–Kier alpha value is -2.47. The van der Waals surface area contributed by atoms with E-state index in [0.717, 1.165) is 15.3 Å². The average molecular weight is 330 g/mol. The van der Waals surface area contributed by atoms with Crippen molar-refractivity contribution in [2.45, 2.75) is 11.8 Å². The number of rotatable bonds is 3. The van der Waals surface area contributed by atoms with Crippen LogP contribution in [0.4, 0.5) is 10.1 Å². The Morgan fingerprint density at radius 1 is 1.09 bits per heavy atom. The number of aryl methyl sites for hydroxylation is 1. The number of fused-ring (bicyclic) bond motifs is 1. The highest BCUT2D eigenvalue weighted by Gasteiger charge is 2.25. The maximum Gasteiger partial charge on any atom is 0.266 e. The van der Waals surface area contributed by atoms with Gasteiger partial charge < -0.3 is 0 Å². The van der Waals surface area contributed by atoms with E-state index < -0.39 is 15.8 Å². The Morgan fingerprint density at radius 3 is 2.57 bits per heavy atom. The molecule has 0 aliphatic carbocycles. The standard InChI is InChI=1S/C17H15FN2O2S/c1-12-10-13-6-5-9-16(17(13)19-11-12)23(21,22)20(2)15-8-4-3-7-14(15)18/h3-11H,1-2H3.